The molecule has 0 radical (unpaired) electrons. The minimum Gasteiger partial charge on any atom is -0.440 e. The summed E-state index contributed by atoms with van der Waals surface area (Å²) in [5, 5.41) is 11.4. The molecular weight excluding hydrogens is 234 g/mol. The Bertz CT molecular complexity index is 513. The molecule has 3 rings (SSSR count). The maximum Gasteiger partial charge on any atom is 0.196 e. The Kier molecular flexibility index (Phi) is 3.05. The molecule has 0 saturated carbocycles. The van der Waals surface area contributed by atoms with Gasteiger partial charge < -0.3 is 14.1 Å². The molecule has 1 saturated heterocycles. The van der Waals surface area contributed by atoms with Crippen LogP contribution in [-0.4, -0.2) is 47.4 Å². The molecule has 0 atom stereocenters. The number of furan rings is 1. The van der Waals surface area contributed by atoms with Crippen molar-refractivity contribution in [3.63, 3.8) is 0 Å². The van der Waals surface area contributed by atoms with E-state index in [-0.39, 0.29) is 0 Å². The molecule has 94 valence electrons. The molecule has 0 amide bonds. The zero-order valence-electron chi connectivity index (χ0n) is 9.77. The molecule has 2 aromatic heterocycles. The number of anilines is 1. The average Bonchev–Trinajstić information content (AvgIpc) is 3.09. The lowest BCUT2D eigenvalue weighted by molar-refractivity contribution is 0.120. The lowest BCUT2D eigenvalue weighted by Crippen LogP contribution is -2.35. The molecule has 0 aromatic carbocycles. The Morgan fingerprint density at radius 3 is 2.72 bits per heavy atom. The van der Waals surface area contributed by atoms with Crippen LogP contribution in [0.1, 0.15) is 5.76 Å². The molecule has 1 aliphatic rings. The summed E-state index contributed by atoms with van der Waals surface area (Å²) in [7, 11) is 0. The first-order valence-electron chi connectivity index (χ1n) is 5.73. The molecule has 1 fully saturated rings. The Morgan fingerprint density at radius 2 is 1.94 bits per heavy atom. The quantitative estimate of drug-likeness (QED) is 0.742. The van der Waals surface area contributed by atoms with Gasteiger partial charge in [-0.05, 0) is 6.07 Å². The number of nitrogens with zero attached hydrogens (tertiary/aromatic N) is 5. The normalized spacial score (nSPS) is 16.6. The summed E-state index contributed by atoms with van der Waals surface area (Å²) in [5.41, 5.74) is 0. The summed E-state index contributed by atoms with van der Waals surface area (Å²) >= 11 is 0. The first kappa shape index (κ1) is 11.0. The van der Waals surface area contributed by atoms with Crippen LogP contribution in [0.25, 0.3) is 0 Å². The van der Waals surface area contributed by atoms with Crippen molar-refractivity contribution in [1.29, 1.82) is 0 Å². The number of morpholine rings is 1. The van der Waals surface area contributed by atoms with E-state index in [1.807, 2.05) is 12.1 Å². The largest absolute Gasteiger partial charge is 0.440 e. The summed E-state index contributed by atoms with van der Waals surface area (Å²) < 4.78 is 12.5. The van der Waals surface area contributed by atoms with Crippen molar-refractivity contribution in [3.8, 4) is 0 Å². The summed E-state index contributed by atoms with van der Waals surface area (Å²) in [6.07, 6.45) is 4.66. The number of aromatic nitrogens is 3. The fraction of sp³-hybridized carbons (Fsp3) is 0.364. The van der Waals surface area contributed by atoms with Gasteiger partial charge in [0.25, 0.3) is 0 Å². The third-order valence-electron chi connectivity index (χ3n) is 2.66. The molecule has 0 unspecified atom stereocenters. The van der Waals surface area contributed by atoms with Crippen molar-refractivity contribution in [3.05, 3.63) is 30.5 Å². The number of hydrogen-bond donors (Lipinski definition) is 0. The van der Waals surface area contributed by atoms with Gasteiger partial charge in [-0.25, -0.2) is 4.68 Å². The van der Waals surface area contributed by atoms with Crippen LogP contribution in [0.5, 0.6) is 0 Å². The van der Waals surface area contributed by atoms with Crippen molar-refractivity contribution in [2.24, 2.45) is 5.10 Å². The second kappa shape index (κ2) is 5.01. The zero-order valence-corrected chi connectivity index (χ0v) is 9.77. The first-order valence-corrected chi connectivity index (χ1v) is 5.73. The highest BCUT2D eigenvalue weighted by atomic mass is 16.5. The molecular formula is C11H13N5O2. The molecule has 3 heterocycles. The van der Waals surface area contributed by atoms with Crippen LogP contribution in [0.15, 0.2) is 34.3 Å². The number of ether oxygens (including phenoxy) is 1. The monoisotopic (exact) mass is 247 g/mol. The fourth-order valence-electron chi connectivity index (χ4n) is 1.74. The third kappa shape index (κ3) is 2.40. The van der Waals surface area contributed by atoms with Gasteiger partial charge in [0.15, 0.2) is 5.88 Å². The fourth-order valence-corrected chi connectivity index (χ4v) is 1.74. The van der Waals surface area contributed by atoms with Crippen molar-refractivity contribution in [2.45, 2.75) is 0 Å². The van der Waals surface area contributed by atoms with Gasteiger partial charge in [-0.1, -0.05) is 0 Å². The van der Waals surface area contributed by atoms with Crippen LogP contribution in [0.3, 0.4) is 0 Å². The van der Waals surface area contributed by atoms with Crippen molar-refractivity contribution in [2.75, 3.05) is 31.2 Å². The van der Waals surface area contributed by atoms with E-state index in [9.17, 15) is 0 Å². The van der Waals surface area contributed by atoms with Crippen molar-refractivity contribution in [1.82, 2.24) is 14.9 Å². The minimum atomic E-state index is 0.699. The highest BCUT2D eigenvalue weighted by molar-refractivity contribution is 5.76. The summed E-state index contributed by atoms with van der Waals surface area (Å²) in [4.78, 5) is 2.15. The van der Waals surface area contributed by atoms with Crippen LogP contribution >= 0.6 is 0 Å². The molecule has 0 N–H and O–H groups in total. The number of hydrogen-bond acceptors (Lipinski definition) is 6. The predicted molar refractivity (Wildman–Crippen MR) is 64.8 cm³/mol. The van der Waals surface area contributed by atoms with E-state index in [0.29, 0.717) is 5.76 Å². The van der Waals surface area contributed by atoms with Crippen molar-refractivity contribution >= 4 is 12.1 Å². The highest BCUT2D eigenvalue weighted by Crippen LogP contribution is 2.18. The van der Waals surface area contributed by atoms with E-state index >= 15 is 0 Å². The van der Waals surface area contributed by atoms with Crippen LogP contribution in [0.4, 0.5) is 5.88 Å². The van der Waals surface area contributed by atoms with E-state index in [0.717, 1.165) is 32.2 Å². The Morgan fingerprint density at radius 1 is 1.17 bits per heavy atom. The summed E-state index contributed by atoms with van der Waals surface area (Å²) in [5.74, 6) is 1.55. The second-order valence-corrected chi connectivity index (χ2v) is 3.86. The zero-order chi connectivity index (χ0) is 12.2. The lowest BCUT2D eigenvalue weighted by Gasteiger charge is -2.26. The van der Waals surface area contributed by atoms with Gasteiger partial charge in [-0.15, -0.1) is 10.2 Å². The van der Waals surface area contributed by atoms with E-state index in [4.69, 9.17) is 9.15 Å². The molecule has 0 aliphatic carbocycles. The van der Waals surface area contributed by atoms with Gasteiger partial charge in [-0.3, -0.25) is 0 Å². The Hall–Kier alpha value is -2.15. The topological polar surface area (TPSA) is 68.7 Å². The molecule has 7 heteroatoms. The van der Waals surface area contributed by atoms with Gasteiger partial charge >= 0.3 is 0 Å². The molecule has 2 aromatic rings. The molecule has 7 nitrogen and oxygen atoms in total. The van der Waals surface area contributed by atoms with E-state index in [2.05, 4.69) is 20.2 Å². The molecule has 1 aliphatic heterocycles. The van der Waals surface area contributed by atoms with Crippen LogP contribution in [-0.2, 0) is 4.74 Å². The summed E-state index contributed by atoms with van der Waals surface area (Å²) in [6.45, 7) is 3.20. The van der Waals surface area contributed by atoms with Gasteiger partial charge in [0, 0.05) is 19.2 Å². The SMILES string of the molecule is C(=N/n1cnnc1)/c1ccc(N2CCOCC2)o1. The molecule has 18 heavy (non-hydrogen) atoms. The molecule has 0 spiro atoms. The van der Waals surface area contributed by atoms with E-state index < -0.39 is 0 Å². The third-order valence-corrected chi connectivity index (χ3v) is 2.66. The molecule has 0 bridgehead atoms. The van der Waals surface area contributed by atoms with E-state index in [1.165, 1.54) is 17.3 Å². The maximum atomic E-state index is 5.69. The lowest BCUT2D eigenvalue weighted by atomic mass is 10.4. The first-order chi connectivity index (χ1) is 8.92. The predicted octanol–water partition coefficient (Wildman–Crippen LogP) is 0.590. The summed E-state index contributed by atoms with van der Waals surface area (Å²) in [6, 6.07) is 3.83. The van der Waals surface area contributed by atoms with Crippen molar-refractivity contribution < 1.29 is 9.15 Å². The van der Waals surface area contributed by atoms with E-state index in [1.54, 1.807) is 6.21 Å². The Labute approximate surface area is 104 Å². The van der Waals surface area contributed by atoms with Gasteiger partial charge in [0.2, 0.25) is 0 Å². The van der Waals surface area contributed by atoms with Crippen LogP contribution in [0, 0.1) is 0 Å². The Balaban J connectivity index is 1.69. The number of rotatable bonds is 3. The average molecular weight is 247 g/mol. The minimum absolute atomic E-state index is 0.699. The maximum absolute atomic E-state index is 5.69. The smallest absolute Gasteiger partial charge is 0.196 e. The van der Waals surface area contributed by atoms with Gasteiger partial charge in [0.1, 0.15) is 18.4 Å². The van der Waals surface area contributed by atoms with Gasteiger partial charge in [-0.2, -0.15) is 5.10 Å². The van der Waals surface area contributed by atoms with Crippen LogP contribution in [0.2, 0.25) is 0 Å². The second-order valence-electron chi connectivity index (χ2n) is 3.86. The highest BCUT2D eigenvalue weighted by Gasteiger charge is 2.13. The standard InChI is InChI=1S/C11H13N5O2/c1-2-11(15-3-5-17-6-4-15)18-10(1)7-14-16-8-12-13-9-16/h1-2,7-9H,3-6H2/b14-7-. The van der Waals surface area contributed by atoms with Crippen LogP contribution < -0.4 is 4.90 Å². The van der Waals surface area contributed by atoms with Gasteiger partial charge in [0.05, 0.1) is 19.4 Å².